The molecule has 1 aromatic carbocycles. The zero-order valence-electron chi connectivity index (χ0n) is 16.3. The molecule has 0 saturated heterocycles. The van der Waals surface area contributed by atoms with Gasteiger partial charge in [-0.1, -0.05) is 0 Å². The molecule has 29 heavy (non-hydrogen) atoms. The number of rotatable bonds is 7. The Balaban J connectivity index is 1.64. The molecule has 0 spiro atoms. The number of amides is 2. The maximum absolute atomic E-state index is 12.7. The van der Waals surface area contributed by atoms with E-state index in [9.17, 15) is 9.59 Å². The highest BCUT2D eigenvalue weighted by Crippen LogP contribution is 2.16. The molecule has 0 fully saturated rings. The lowest BCUT2D eigenvalue weighted by atomic mass is 10.1. The summed E-state index contributed by atoms with van der Waals surface area (Å²) in [5, 5.41) is 2.76. The second kappa shape index (κ2) is 9.45. The van der Waals surface area contributed by atoms with Gasteiger partial charge in [-0.15, -0.1) is 0 Å². The molecule has 0 atom stereocenters. The summed E-state index contributed by atoms with van der Waals surface area (Å²) in [6.45, 7) is 0.554. The van der Waals surface area contributed by atoms with Crippen molar-refractivity contribution in [1.29, 1.82) is 0 Å². The molecule has 3 aromatic rings. The maximum Gasteiger partial charge on any atom is 0.274 e. The number of aromatic nitrogens is 2. The summed E-state index contributed by atoms with van der Waals surface area (Å²) < 4.78 is 5.10. The SMILES string of the molecule is COc1ccc(NC(=O)c2cc(C(=O)N(C)CCc3ccncc3)ccn2)cc1. The van der Waals surface area contributed by atoms with Crippen LogP contribution in [0.1, 0.15) is 26.4 Å². The molecule has 0 aliphatic heterocycles. The Morgan fingerprint density at radius 1 is 1.03 bits per heavy atom. The minimum absolute atomic E-state index is 0.167. The summed E-state index contributed by atoms with van der Waals surface area (Å²) in [5.74, 6) is 0.146. The Hall–Kier alpha value is -3.74. The summed E-state index contributed by atoms with van der Waals surface area (Å²) in [6, 6.07) is 13.9. The third kappa shape index (κ3) is 5.38. The molecule has 2 heterocycles. The van der Waals surface area contributed by atoms with Crippen molar-refractivity contribution >= 4 is 17.5 Å². The van der Waals surface area contributed by atoms with Crippen LogP contribution in [0.4, 0.5) is 5.69 Å². The Labute approximate surface area is 169 Å². The number of pyridine rings is 2. The van der Waals surface area contributed by atoms with Gasteiger partial charge in [-0.25, -0.2) is 0 Å². The molecular weight excluding hydrogens is 368 g/mol. The third-order valence-corrected chi connectivity index (χ3v) is 4.42. The van der Waals surface area contributed by atoms with Gasteiger partial charge in [-0.2, -0.15) is 0 Å². The van der Waals surface area contributed by atoms with Crippen molar-refractivity contribution in [3.05, 3.63) is 83.9 Å². The monoisotopic (exact) mass is 390 g/mol. The Morgan fingerprint density at radius 2 is 1.76 bits per heavy atom. The van der Waals surface area contributed by atoms with Crippen molar-refractivity contribution < 1.29 is 14.3 Å². The molecule has 0 unspecified atom stereocenters. The lowest BCUT2D eigenvalue weighted by Gasteiger charge is -2.17. The minimum Gasteiger partial charge on any atom is -0.497 e. The van der Waals surface area contributed by atoms with Gasteiger partial charge in [-0.05, 0) is 60.5 Å². The number of hydrogen-bond donors (Lipinski definition) is 1. The van der Waals surface area contributed by atoms with Crippen LogP contribution in [0.3, 0.4) is 0 Å². The fraction of sp³-hybridized carbons (Fsp3) is 0.182. The first kappa shape index (κ1) is 20.0. The average molecular weight is 390 g/mol. The fourth-order valence-electron chi connectivity index (χ4n) is 2.73. The molecule has 0 radical (unpaired) electrons. The van der Waals surface area contributed by atoms with E-state index in [-0.39, 0.29) is 17.5 Å². The molecule has 0 aliphatic carbocycles. The van der Waals surface area contributed by atoms with E-state index < -0.39 is 0 Å². The van der Waals surface area contributed by atoms with Gasteiger partial charge in [0.1, 0.15) is 11.4 Å². The number of anilines is 1. The van der Waals surface area contributed by atoms with Gasteiger partial charge in [0.2, 0.25) is 0 Å². The Morgan fingerprint density at radius 3 is 2.45 bits per heavy atom. The van der Waals surface area contributed by atoms with E-state index in [2.05, 4.69) is 15.3 Å². The van der Waals surface area contributed by atoms with E-state index in [1.807, 2.05) is 12.1 Å². The van der Waals surface area contributed by atoms with Crippen molar-refractivity contribution in [3.63, 3.8) is 0 Å². The number of hydrogen-bond acceptors (Lipinski definition) is 5. The number of likely N-dealkylation sites (N-methyl/N-ethyl adjacent to an activating group) is 1. The number of carbonyl (C=O) groups is 2. The van der Waals surface area contributed by atoms with Crippen LogP contribution in [0.15, 0.2) is 67.1 Å². The molecule has 148 valence electrons. The van der Waals surface area contributed by atoms with Crippen LogP contribution in [0.25, 0.3) is 0 Å². The lowest BCUT2D eigenvalue weighted by molar-refractivity contribution is 0.0796. The van der Waals surface area contributed by atoms with Gasteiger partial charge < -0.3 is 15.0 Å². The van der Waals surface area contributed by atoms with Gasteiger partial charge in [-0.3, -0.25) is 19.6 Å². The van der Waals surface area contributed by atoms with Gasteiger partial charge in [0.15, 0.2) is 0 Å². The number of nitrogens with zero attached hydrogens (tertiary/aromatic N) is 3. The van der Waals surface area contributed by atoms with Crippen LogP contribution in [-0.2, 0) is 6.42 Å². The summed E-state index contributed by atoms with van der Waals surface area (Å²) in [6.07, 6.45) is 5.65. The fourth-order valence-corrected chi connectivity index (χ4v) is 2.73. The van der Waals surface area contributed by atoms with Gasteiger partial charge in [0.25, 0.3) is 11.8 Å². The van der Waals surface area contributed by atoms with E-state index in [1.54, 1.807) is 61.8 Å². The van der Waals surface area contributed by atoms with Crippen LogP contribution >= 0.6 is 0 Å². The zero-order chi connectivity index (χ0) is 20.6. The minimum atomic E-state index is -0.385. The first-order chi connectivity index (χ1) is 14.1. The first-order valence-electron chi connectivity index (χ1n) is 9.12. The maximum atomic E-state index is 12.7. The molecule has 0 bridgehead atoms. The molecule has 0 aliphatic rings. The molecule has 7 heteroatoms. The summed E-state index contributed by atoms with van der Waals surface area (Å²) >= 11 is 0. The molecule has 3 rings (SSSR count). The molecule has 2 aromatic heterocycles. The van der Waals surface area contributed by atoms with E-state index in [1.165, 1.54) is 12.3 Å². The van der Waals surface area contributed by atoms with E-state index in [0.29, 0.717) is 23.5 Å². The van der Waals surface area contributed by atoms with E-state index in [0.717, 1.165) is 12.0 Å². The van der Waals surface area contributed by atoms with Crippen molar-refractivity contribution in [2.45, 2.75) is 6.42 Å². The molecule has 0 saturated carbocycles. The highest BCUT2D eigenvalue weighted by molar-refractivity contribution is 6.04. The largest absolute Gasteiger partial charge is 0.497 e. The Bertz CT molecular complexity index is 975. The van der Waals surface area contributed by atoms with Crippen LogP contribution in [-0.4, -0.2) is 47.4 Å². The topological polar surface area (TPSA) is 84.4 Å². The van der Waals surface area contributed by atoms with Crippen LogP contribution < -0.4 is 10.1 Å². The van der Waals surface area contributed by atoms with Crippen LogP contribution in [0.2, 0.25) is 0 Å². The highest BCUT2D eigenvalue weighted by atomic mass is 16.5. The highest BCUT2D eigenvalue weighted by Gasteiger charge is 2.15. The molecule has 2 amide bonds. The number of benzene rings is 1. The zero-order valence-corrected chi connectivity index (χ0v) is 16.3. The predicted octanol–water partition coefficient (Wildman–Crippen LogP) is 3.05. The van der Waals surface area contributed by atoms with Crippen LogP contribution in [0, 0.1) is 0 Å². The van der Waals surface area contributed by atoms with Crippen molar-refractivity contribution in [1.82, 2.24) is 14.9 Å². The summed E-state index contributed by atoms with van der Waals surface area (Å²) in [7, 11) is 3.31. The second-order valence-corrected chi connectivity index (χ2v) is 6.44. The smallest absolute Gasteiger partial charge is 0.274 e. The molecule has 7 nitrogen and oxygen atoms in total. The molecular formula is C22H22N4O3. The van der Waals surface area contributed by atoms with Gasteiger partial charge >= 0.3 is 0 Å². The Kier molecular flexibility index (Phi) is 6.52. The third-order valence-electron chi connectivity index (χ3n) is 4.42. The van der Waals surface area contributed by atoms with Crippen molar-refractivity contribution in [2.24, 2.45) is 0 Å². The van der Waals surface area contributed by atoms with Crippen LogP contribution in [0.5, 0.6) is 5.75 Å². The van der Waals surface area contributed by atoms with Crippen molar-refractivity contribution in [3.8, 4) is 5.75 Å². The average Bonchev–Trinajstić information content (AvgIpc) is 2.78. The normalized spacial score (nSPS) is 10.3. The second-order valence-electron chi connectivity index (χ2n) is 6.44. The lowest BCUT2D eigenvalue weighted by Crippen LogP contribution is -2.29. The van der Waals surface area contributed by atoms with Gasteiger partial charge in [0, 0.05) is 43.4 Å². The first-order valence-corrected chi connectivity index (χ1v) is 9.12. The standard InChI is InChI=1S/C22H22N4O3/c1-26(14-10-16-7-11-23-12-8-16)22(28)17-9-13-24-20(15-17)21(27)25-18-3-5-19(29-2)6-4-18/h3-9,11-13,15H,10,14H2,1-2H3,(H,25,27). The van der Waals surface area contributed by atoms with E-state index >= 15 is 0 Å². The molecule has 1 N–H and O–H groups in total. The van der Waals surface area contributed by atoms with Gasteiger partial charge in [0.05, 0.1) is 7.11 Å². The summed E-state index contributed by atoms with van der Waals surface area (Å²) in [5.41, 5.74) is 2.31. The van der Waals surface area contributed by atoms with Crippen molar-refractivity contribution in [2.75, 3.05) is 26.0 Å². The number of ether oxygens (including phenoxy) is 1. The quantitative estimate of drug-likeness (QED) is 0.670. The summed E-state index contributed by atoms with van der Waals surface area (Å²) in [4.78, 5) is 34.9. The predicted molar refractivity (Wildman–Crippen MR) is 110 cm³/mol. The number of carbonyl (C=O) groups excluding carboxylic acids is 2. The van der Waals surface area contributed by atoms with E-state index in [4.69, 9.17) is 4.74 Å². The number of methoxy groups -OCH3 is 1. The number of nitrogens with one attached hydrogen (secondary N) is 1.